The third-order valence-electron chi connectivity index (χ3n) is 3.26. The molecule has 0 aromatic heterocycles. The Balaban J connectivity index is 3.39. The van der Waals surface area contributed by atoms with Crippen molar-refractivity contribution in [2.75, 3.05) is 0 Å². The molecule has 1 rings (SSSR count). The average Bonchev–Trinajstić information content (AvgIpc) is 2.38. The van der Waals surface area contributed by atoms with E-state index in [9.17, 15) is 13.2 Å². The van der Waals surface area contributed by atoms with Gasteiger partial charge in [-0.2, -0.15) is 13.2 Å². The van der Waals surface area contributed by atoms with Crippen molar-refractivity contribution in [2.24, 2.45) is 4.99 Å². The molecule has 0 saturated heterocycles. The van der Waals surface area contributed by atoms with E-state index in [1.807, 2.05) is 39.0 Å². The van der Waals surface area contributed by atoms with Crippen LogP contribution in [0.1, 0.15) is 50.7 Å². The molecule has 0 bridgehead atoms. The molecule has 0 aliphatic rings. The lowest BCUT2D eigenvalue weighted by Crippen LogP contribution is -2.17. The minimum Gasteiger partial charge on any atom is -0.232 e. The van der Waals surface area contributed by atoms with Gasteiger partial charge in [0.15, 0.2) is 0 Å². The molecule has 0 saturated carbocycles. The van der Waals surface area contributed by atoms with Crippen LogP contribution in [-0.4, -0.2) is 11.3 Å². The van der Waals surface area contributed by atoms with Crippen molar-refractivity contribution in [1.29, 1.82) is 0 Å². The van der Waals surface area contributed by atoms with E-state index < -0.39 is 11.3 Å². The van der Waals surface area contributed by atoms with Gasteiger partial charge in [0.25, 0.3) is 0 Å². The first-order chi connectivity index (χ1) is 9.31. The van der Waals surface area contributed by atoms with E-state index in [4.69, 9.17) is 11.6 Å². The summed E-state index contributed by atoms with van der Waals surface area (Å²) >= 11 is 5.31. The Morgan fingerprint density at radius 2 is 1.95 bits per heavy atom. The molecule has 0 N–H and O–H groups in total. The van der Waals surface area contributed by atoms with Gasteiger partial charge < -0.3 is 0 Å². The number of rotatable bonds is 5. The van der Waals surface area contributed by atoms with E-state index in [1.165, 1.54) is 0 Å². The second kappa shape index (κ2) is 7.11. The van der Waals surface area contributed by atoms with Gasteiger partial charge in [-0.3, -0.25) is 0 Å². The third-order valence-corrected chi connectivity index (χ3v) is 3.56. The predicted molar refractivity (Wildman–Crippen MR) is 78.1 cm³/mol. The van der Waals surface area contributed by atoms with Crippen molar-refractivity contribution in [2.45, 2.75) is 52.1 Å². The molecule has 1 aromatic rings. The predicted octanol–water partition coefficient (Wildman–Crippen LogP) is 5.98. The second-order valence-electron chi connectivity index (χ2n) is 4.81. The highest BCUT2D eigenvalue weighted by atomic mass is 35.5. The van der Waals surface area contributed by atoms with Crippen LogP contribution in [0.4, 0.5) is 18.9 Å². The number of nitrogens with zero attached hydrogens (tertiary/aromatic N) is 1. The zero-order valence-corrected chi connectivity index (χ0v) is 12.6. The van der Waals surface area contributed by atoms with Crippen molar-refractivity contribution in [3.63, 3.8) is 0 Å². The number of aliphatic imine (C=N–C) groups is 1. The lowest BCUT2D eigenvalue weighted by molar-refractivity contribution is -0.0558. The molecule has 5 heteroatoms. The van der Waals surface area contributed by atoms with Crippen molar-refractivity contribution in [1.82, 2.24) is 0 Å². The maximum absolute atomic E-state index is 12.6. The zero-order chi connectivity index (χ0) is 15.3. The molecule has 112 valence electrons. The summed E-state index contributed by atoms with van der Waals surface area (Å²) < 4.78 is 37.8. The lowest BCUT2D eigenvalue weighted by atomic mass is 9.93. The van der Waals surface area contributed by atoms with Crippen molar-refractivity contribution < 1.29 is 13.2 Å². The highest BCUT2D eigenvalue weighted by Crippen LogP contribution is 2.35. The van der Waals surface area contributed by atoms with E-state index in [2.05, 4.69) is 4.99 Å². The van der Waals surface area contributed by atoms with E-state index in [1.54, 1.807) is 0 Å². The summed E-state index contributed by atoms with van der Waals surface area (Å²) in [6.07, 6.45) is -2.24. The zero-order valence-electron chi connectivity index (χ0n) is 11.9. The molecular formula is C15H19ClF3N. The van der Waals surface area contributed by atoms with Gasteiger partial charge in [0.1, 0.15) is 0 Å². The van der Waals surface area contributed by atoms with E-state index in [-0.39, 0.29) is 5.92 Å². The fourth-order valence-corrected chi connectivity index (χ4v) is 2.08. The van der Waals surface area contributed by atoms with Crippen LogP contribution in [0.3, 0.4) is 0 Å². The molecule has 1 nitrogen and oxygen atoms in total. The van der Waals surface area contributed by atoms with Gasteiger partial charge in [0.2, 0.25) is 5.17 Å². The first-order valence-corrected chi connectivity index (χ1v) is 7.12. The van der Waals surface area contributed by atoms with Crippen LogP contribution < -0.4 is 0 Å². The Morgan fingerprint density at radius 1 is 1.30 bits per heavy atom. The first kappa shape index (κ1) is 17.0. The maximum atomic E-state index is 12.6. The normalized spacial score (nSPS) is 14.4. The summed E-state index contributed by atoms with van der Waals surface area (Å²) in [6, 6.07) is 5.51. The van der Waals surface area contributed by atoms with Gasteiger partial charge in [-0.05, 0) is 29.9 Å². The summed E-state index contributed by atoms with van der Waals surface area (Å²) in [5, 5.41) is -1.31. The lowest BCUT2D eigenvalue weighted by Gasteiger charge is -2.16. The van der Waals surface area contributed by atoms with Gasteiger partial charge in [-0.1, -0.05) is 57.0 Å². The quantitative estimate of drug-likeness (QED) is 0.593. The number of alkyl halides is 3. The Kier molecular flexibility index (Phi) is 6.06. The molecule has 0 aliphatic carbocycles. The van der Waals surface area contributed by atoms with Gasteiger partial charge in [-0.15, -0.1) is 0 Å². The summed E-state index contributed by atoms with van der Waals surface area (Å²) in [7, 11) is 0. The fraction of sp³-hybridized carbons (Fsp3) is 0.533. The summed E-state index contributed by atoms with van der Waals surface area (Å²) in [5.74, 6) is 0.142. The van der Waals surface area contributed by atoms with Crippen LogP contribution in [0, 0.1) is 0 Å². The largest absolute Gasteiger partial charge is 0.444 e. The Bertz CT molecular complexity index is 480. The Labute approximate surface area is 122 Å². The number of aryl methyl sites for hydroxylation is 1. The second-order valence-corrected chi connectivity index (χ2v) is 5.17. The first-order valence-electron chi connectivity index (χ1n) is 6.74. The van der Waals surface area contributed by atoms with Crippen LogP contribution in [0.5, 0.6) is 0 Å². The van der Waals surface area contributed by atoms with E-state index in [0.29, 0.717) is 12.1 Å². The maximum Gasteiger partial charge on any atom is 0.444 e. The third kappa shape index (κ3) is 4.23. The van der Waals surface area contributed by atoms with Crippen molar-refractivity contribution in [3.05, 3.63) is 29.3 Å². The molecule has 20 heavy (non-hydrogen) atoms. The van der Waals surface area contributed by atoms with E-state index in [0.717, 1.165) is 24.0 Å². The monoisotopic (exact) mass is 305 g/mol. The van der Waals surface area contributed by atoms with E-state index >= 15 is 0 Å². The molecule has 1 aromatic carbocycles. The van der Waals surface area contributed by atoms with Gasteiger partial charge >= 0.3 is 6.18 Å². The molecule has 0 aliphatic heterocycles. The molecule has 0 radical (unpaired) electrons. The average molecular weight is 306 g/mol. The number of para-hydroxylation sites is 1. The van der Waals surface area contributed by atoms with Crippen LogP contribution in [0.15, 0.2) is 23.2 Å². The minimum atomic E-state index is -4.60. The molecule has 0 fully saturated rings. The Hall–Kier alpha value is -1.03. The number of benzene rings is 1. The van der Waals surface area contributed by atoms with Crippen LogP contribution >= 0.6 is 11.6 Å². The Morgan fingerprint density at radius 3 is 2.45 bits per heavy atom. The van der Waals surface area contributed by atoms with Crippen LogP contribution in [-0.2, 0) is 6.42 Å². The smallest absolute Gasteiger partial charge is 0.232 e. The molecule has 0 amide bonds. The van der Waals surface area contributed by atoms with Gasteiger partial charge in [-0.25, -0.2) is 4.99 Å². The van der Waals surface area contributed by atoms with Crippen molar-refractivity contribution in [3.8, 4) is 0 Å². The molecule has 1 atom stereocenters. The molecule has 1 unspecified atom stereocenters. The standard InChI is InChI=1S/C15H19ClF3N/c1-4-7-11-8-6-9-12(10(3)5-2)13(11)20-14(16)15(17,18)19/h6,8-10H,4-5,7H2,1-3H3. The highest BCUT2D eigenvalue weighted by molar-refractivity contribution is 6.67. The summed E-state index contributed by atoms with van der Waals surface area (Å²) in [5.41, 5.74) is 2.01. The van der Waals surface area contributed by atoms with Gasteiger partial charge in [0, 0.05) is 0 Å². The highest BCUT2D eigenvalue weighted by Gasteiger charge is 2.35. The summed E-state index contributed by atoms with van der Waals surface area (Å²) in [4.78, 5) is 3.67. The number of hydrogen-bond donors (Lipinski definition) is 0. The fourth-order valence-electron chi connectivity index (χ4n) is 2.00. The number of halogens is 4. The molecule has 0 spiro atoms. The van der Waals surface area contributed by atoms with Gasteiger partial charge in [0.05, 0.1) is 5.69 Å². The summed E-state index contributed by atoms with van der Waals surface area (Å²) in [6.45, 7) is 5.95. The van der Waals surface area contributed by atoms with Crippen LogP contribution in [0.2, 0.25) is 0 Å². The molecule has 0 heterocycles. The SMILES string of the molecule is CCCc1cccc(C(C)CC)c1N=C(Cl)C(F)(F)F. The molecular weight excluding hydrogens is 287 g/mol. The van der Waals surface area contributed by atoms with Crippen molar-refractivity contribution >= 4 is 22.5 Å². The van der Waals surface area contributed by atoms with Crippen LogP contribution in [0.25, 0.3) is 0 Å². The minimum absolute atomic E-state index is 0.142. The topological polar surface area (TPSA) is 12.4 Å². The number of hydrogen-bond acceptors (Lipinski definition) is 1.